The third-order valence-electron chi connectivity index (χ3n) is 5.84. The Morgan fingerprint density at radius 3 is 2.31 bits per heavy atom. The molecule has 2 aromatic heterocycles. The van der Waals surface area contributed by atoms with E-state index in [2.05, 4.69) is 40.6 Å². The Bertz CT molecular complexity index is 1470. The highest BCUT2D eigenvalue weighted by molar-refractivity contribution is 5.92. The molecule has 0 radical (unpaired) electrons. The number of nitrogens with zero attached hydrogens (tertiary/aromatic N) is 3. The Labute approximate surface area is 185 Å². The molecule has 154 valence electrons. The highest BCUT2D eigenvalue weighted by Crippen LogP contribution is 2.41. The zero-order valence-corrected chi connectivity index (χ0v) is 17.2. The summed E-state index contributed by atoms with van der Waals surface area (Å²) in [4.78, 5) is 4.39. The molecule has 32 heavy (non-hydrogen) atoms. The zero-order valence-electron chi connectivity index (χ0n) is 17.2. The van der Waals surface area contributed by atoms with Gasteiger partial charge >= 0.3 is 0 Å². The molecule has 0 aliphatic carbocycles. The number of aliphatic hydroxyl groups excluding tert-OH is 1. The molecule has 0 atom stereocenters. The first kappa shape index (κ1) is 18.4. The summed E-state index contributed by atoms with van der Waals surface area (Å²) in [5, 5.41) is 20.2. The summed E-state index contributed by atoms with van der Waals surface area (Å²) < 4.78 is 1.94. The Morgan fingerprint density at radius 2 is 1.53 bits per heavy atom. The van der Waals surface area contributed by atoms with E-state index >= 15 is 0 Å². The fraction of sp³-hybridized carbons (Fsp3) is 0.0370. The van der Waals surface area contributed by atoms with Crippen molar-refractivity contribution < 1.29 is 5.11 Å². The lowest BCUT2D eigenvalue weighted by Crippen LogP contribution is -2.18. The predicted molar refractivity (Wildman–Crippen MR) is 128 cm³/mol. The molecule has 0 amide bonds. The second-order valence-electron chi connectivity index (χ2n) is 7.82. The van der Waals surface area contributed by atoms with Crippen LogP contribution < -0.4 is 5.32 Å². The number of allylic oxidation sites excluding steroid dienone is 1. The van der Waals surface area contributed by atoms with Crippen LogP contribution in [0.5, 0.6) is 0 Å². The molecule has 5 heteroatoms. The van der Waals surface area contributed by atoms with Crippen molar-refractivity contribution in [3.8, 4) is 22.4 Å². The van der Waals surface area contributed by atoms with E-state index < -0.39 is 0 Å². The van der Waals surface area contributed by atoms with Crippen LogP contribution in [0.1, 0.15) is 5.56 Å². The summed E-state index contributed by atoms with van der Waals surface area (Å²) in [6.45, 7) is 0.465. The molecule has 0 saturated carbocycles. The number of fused-ring (bicyclic) bond motifs is 2. The topological polar surface area (TPSA) is 63.0 Å². The molecule has 2 N–H and O–H groups in total. The van der Waals surface area contributed by atoms with E-state index in [1.54, 1.807) is 6.20 Å². The minimum Gasteiger partial charge on any atom is -0.494 e. The SMILES string of the molecule is OC1=C(c2ccc3ncccc3c2)Cn2nc(-c3ccccc3)c(-c3ccccc3)c2N1. The van der Waals surface area contributed by atoms with E-state index in [0.29, 0.717) is 6.54 Å². The second-order valence-corrected chi connectivity index (χ2v) is 7.82. The first-order valence-electron chi connectivity index (χ1n) is 10.5. The average molecular weight is 416 g/mol. The number of aliphatic hydroxyl groups is 1. The smallest absolute Gasteiger partial charge is 0.195 e. The van der Waals surface area contributed by atoms with Gasteiger partial charge in [0.15, 0.2) is 5.88 Å². The number of nitrogens with one attached hydrogen (secondary N) is 1. The van der Waals surface area contributed by atoms with Crippen molar-refractivity contribution in [1.82, 2.24) is 14.8 Å². The fourth-order valence-electron chi connectivity index (χ4n) is 4.28. The summed E-state index contributed by atoms with van der Waals surface area (Å²) in [5.74, 6) is 0.941. The van der Waals surface area contributed by atoms with Crippen LogP contribution in [-0.4, -0.2) is 19.9 Å². The Hall–Kier alpha value is -4.38. The number of hydrogen-bond donors (Lipinski definition) is 2. The molecule has 6 rings (SSSR count). The molecule has 1 aliphatic heterocycles. The number of rotatable bonds is 3. The molecule has 5 nitrogen and oxygen atoms in total. The van der Waals surface area contributed by atoms with Gasteiger partial charge in [0.2, 0.25) is 0 Å². The highest BCUT2D eigenvalue weighted by Gasteiger charge is 2.27. The molecule has 1 aliphatic rings. The predicted octanol–water partition coefficient (Wildman–Crippen LogP) is 6.12. The zero-order chi connectivity index (χ0) is 21.5. The van der Waals surface area contributed by atoms with Crippen LogP contribution in [0.3, 0.4) is 0 Å². The molecule has 3 heterocycles. The Balaban J connectivity index is 1.49. The first-order chi connectivity index (χ1) is 15.8. The maximum Gasteiger partial charge on any atom is 0.195 e. The number of anilines is 1. The van der Waals surface area contributed by atoms with E-state index in [4.69, 9.17) is 5.10 Å². The number of hydrogen-bond acceptors (Lipinski definition) is 4. The van der Waals surface area contributed by atoms with Crippen LogP contribution in [0.4, 0.5) is 5.82 Å². The van der Waals surface area contributed by atoms with Gasteiger partial charge in [-0.15, -0.1) is 0 Å². The van der Waals surface area contributed by atoms with Gasteiger partial charge in [-0.1, -0.05) is 72.8 Å². The summed E-state index contributed by atoms with van der Waals surface area (Å²) in [6, 6.07) is 30.3. The third-order valence-corrected chi connectivity index (χ3v) is 5.84. The third kappa shape index (κ3) is 3.03. The van der Waals surface area contributed by atoms with Crippen LogP contribution in [0.2, 0.25) is 0 Å². The largest absolute Gasteiger partial charge is 0.494 e. The van der Waals surface area contributed by atoms with Gasteiger partial charge in [0.05, 0.1) is 17.6 Å². The number of benzene rings is 3. The van der Waals surface area contributed by atoms with Gasteiger partial charge in [0.25, 0.3) is 0 Å². The lowest BCUT2D eigenvalue weighted by molar-refractivity contribution is 0.412. The van der Waals surface area contributed by atoms with Crippen molar-refractivity contribution in [2.45, 2.75) is 6.54 Å². The fourth-order valence-corrected chi connectivity index (χ4v) is 4.28. The minimum absolute atomic E-state index is 0.150. The van der Waals surface area contributed by atoms with Crippen LogP contribution in [0.25, 0.3) is 38.9 Å². The van der Waals surface area contributed by atoms with E-state index in [0.717, 1.165) is 50.2 Å². The van der Waals surface area contributed by atoms with E-state index in [1.807, 2.05) is 65.3 Å². The average Bonchev–Trinajstić information content (AvgIpc) is 3.22. The van der Waals surface area contributed by atoms with Crippen molar-refractivity contribution in [2.24, 2.45) is 0 Å². The lowest BCUT2D eigenvalue weighted by Gasteiger charge is -2.21. The van der Waals surface area contributed by atoms with Gasteiger partial charge in [-0.25, -0.2) is 4.68 Å². The van der Waals surface area contributed by atoms with Gasteiger partial charge in [-0.05, 0) is 29.3 Å². The summed E-state index contributed by atoms with van der Waals surface area (Å²) in [7, 11) is 0. The van der Waals surface area contributed by atoms with Crippen molar-refractivity contribution in [3.63, 3.8) is 0 Å². The van der Waals surface area contributed by atoms with Crippen LogP contribution in [0, 0.1) is 0 Å². The van der Waals surface area contributed by atoms with Crippen LogP contribution in [0.15, 0.2) is 103 Å². The number of pyridine rings is 1. The van der Waals surface area contributed by atoms with Crippen molar-refractivity contribution in [1.29, 1.82) is 0 Å². The summed E-state index contributed by atoms with van der Waals surface area (Å²) in [5.41, 5.74) is 6.61. The number of aromatic nitrogens is 3. The standard InChI is InChI=1S/C27H20N4O/c32-27-22(20-13-14-23-21(16-20)12-7-15-28-23)17-31-26(29-27)24(18-8-3-1-4-9-18)25(30-31)19-10-5-2-6-11-19/h1-16,29,32H,17H2. The van der Waals surface area contributed by atoms with E-state index in [-0.39, 0.29) is 5.88 Å². The molecule has 0 unspecified atom stereocenters. The van der Waals surface area contributed by atoms with Gasteiger partial charge in [-0.2, -0.15) is 5.10 Å². The summed E-state index contributed by atoms with van der Waals surface area (Å²) >= 11 is 0. The normalized spacial score (nSPS) is 13.1. The molecule has 0 spiro atoms. The lowest BCUT2D eigenvalue weighted by atomic mass is 9.99. The Kier molecular flexibility index (Phi) is 4.25. The maximum atomic E-state index is 11.0. The van der Waals surface area contributed by atoms with Crippen molar-refractivity contribution in [3.05, 3.63) is 109 Å². The highest BCUT2D eigenvalue weighted by atomic mass is 16.3. The minimum atomic E-state index is 0.150. The van der Waals surface area contributed by atoms with Crippen LogP contribution >= 0.6 is 0 Å². The van der Waals surface area contributed by atoms with Gasteiger partial charge in [0.1, 0.15) is 11.5 Å². The van der Waals surface area contributed by atoms with Crippen LogP contribution in [-0.2, 0) is 6.54 Å². The van der Waals surface area contributed by atoms with Gasteiger partial charge < -0.3 is 10.4 Å². The first-order valence-corrected chi connectivity index (χ1v) is 10.5. The molecule has 5 aromatic rings. The molecule has 3 aromatic carbocycles. The van der Waals surface area contributed by atoms with Crippen molar-refractivity contribution in [2.75, 3.05) is 5.32 Å². The molecular formula is C27H20N4O. The van der Waals surface area contributed by atoms with E-state index in [9.17, 15) is 5.11 Å². The molecule has 0 fully saturated rings. The molecule has 0 saturated heterocycles. The monoisotopic (exact) mass is 416 g/mol. The maximum absolute atomic E-state index is 11.0. The quantitative estimate of drug-likeness (QED) is 0.372. The second kappa shape index (κ2) is 7.39. The van der Waals surface area contributed by atoms with E-state index in [1.165, 1.54) is 0 Å². The molecular weight excluding hydrogens is 396 g/mol. The van der Waals surface area contributed by atoms with Crippen molar-refractivity contribution >= 4 is 22.3 Å². The van der Waals surface area contributed by atoms with Gasteiger partial charge in [0, 0.05) is 22.7 Å². The van der Waals surface area contributed by atoms with Gasteiger partial charge in [-0.3, -0.25) is 4.98 Å². The summed E-state index contributed by atoms with van der Waals surface area (Å²) in [6.07, 6.45) is 1.78. The Morgan fingerprint density at radius 1 is 0.781 bits per heavy atom. The molecule has 0 bridgehead atoms.